The number of hydrogen-bond acceptors (Lipinski definition) is 6. The lowest BCUT2D eigenvalue weighted by atomic mass is 10.0. The van der Waals surface area contributed by atoms with Crippen LogP contribution < -0.4 is 20.5 Å². The van der Waals surface area contributed by atoms with Gasteiger partial charge in [-0.2, -0.15) is 0 Å². The molecular formula is C25H31F3N3O6P. The van der Waals surface area contributed by atoms with Crippen molar-refractivity contribution < 1.29 is 41.7 Å². The van der Waals surface area contributed by atoms with Crippen molar-refractivity contribution in [3.63, 3.8) is 0 Å². The van der Waals surface area contributed by atoms with Crippen molar-refractivity contribution in [2.24, 2.45) is 0 Å². The average Bonchev–Trinajstić information content (AvgIpc) is 2.83. The maximum Gasteiger partial charge on any atom is 0.573 e. The first kappa shape index (κ1) is 32.4. The third-order valence-electron chi connectivity index (χ3n) is 4.82. The molecule has 208 valence electrons. The van der Waals surface area contributed by atoms with Gasteiger partial charge in [0.05, 0.1) is 0 Å². The van der Waals surface area contributed by atoms with E-state index in [1.807, 2.05) is 0 Å². The van der Waals surface area contributed by atoms with E-state index in [0.29, 0.717) is 49.5 Å². The van der Waals surface area contributed by atoms with E-state index in [9.17, 15) is 36.9 Å². The van der Waals surface area contributed by atoms with Gasteiger partial charge in [0, 0.05) is 43.5 Å². The maximum atomic E-state index is 11.6. The molecule has 13 heteroatoms. The van der Waals surface area contributed by atoms with Crippen molar-refractivity contribution in [2.75, 3.05) is 19.4 Å². The molecule has 0 bridgehead atoms. The lowest BCUT2D eigenvalue weighted by molar-refractivity contribution is -0.274. The Bertz CT molecular complexity index is 1140. The predicted octanol–water partition coefficient (Wildman–Crippen LogP) is 4.19. The number of carbonyl (C=O) groups excluding carboxylic acids is 4. The number of alkyl halides is 3. The van der Waals surface area contributed by atoms with Gasteiger partial charge in [0.15, 0.2) is 13.6 Å². The largest absolute Gasteiger partial charge is 0.573 e. The van der Waals surface area contributed by atoms with Gasteiger partial charge in [0.1, 0.15) is 5.75 Å². The van der Waals surface area contributed by atoms with E-state index in [2.05, 4.69) is 20.5 Å². The molecule has 1 aliphatic heterocycles. The number of ether oxygens (including phenoxy) is 1. The summed E-state index contributed by atoms with van der Waals surface area (Å²) in [5, 5.41) is 7.59. The van der Waals surface area contributed by atoms with E-state index in [-0.39, 0.29) is 17.6 Å². The zero-order chi connectivity index (χ0) is 28.8. The lowest BCUT2D eigenvalue weighted by Gasteiger charge is -2.19. The fraction of sp³-hybridized carbons (Fsp3) is 0.360. The Balaban J connectivity index is 0.000000300. The monoisotopic (exact) mass is 557 g/mol. The van der Waals surface area contributed by atoms with Gasteiger partial charge < -0.3 is 25.0 Å². The average molecular weight is 558 g/mol. The van der Waals surface area contributed by atoms with Crippen LogP contribution in [0.2, 0.25) is 0 Å². The Morgan fingerprint density at radius 3 is 2.29 bits per heavy atom. The number of aldehydes is 1. The normalized spacial score (nSPS) is 16.3. The Morgan fingerprint density at radius 2 is 1.82 bits per heavy atom. The number of halogens is 3. The van der Waals surface area contributed by atoms with E-state index >= 15 is 0 Å². The summed E-state index contributed by atoms with van der Waals surface area (Å²) in [6, 6.07) is 10.5. The van der Waals surface area contributed by atoms with Gasteiger partial charge in [0.25, 0.3) is 5.91 Å². The summed E-state index contributed by atoms with van der Waals surface area (Å²) in [6.45, 7) is 6.05. The van der Waals surface area contributed by atoms with Gasteiger partial charge in [-0.3, -0.25) is 19.2 Å². The summed E-state index contributed by atoms with van der Waals surface area (Å²) in [6.07, 6.45) is -1.40. The molecule has 2 aromatic rings. The summed E-state index contributed by atoms with van der Waals surface area (Å²) in [5.41, 5.74) is 2.33. The topological polar surface area (TPSA) is 131 Å². The molecule has 1 fully saturated rings. The highest BCUT2D eigenvalue weighted by Gasteiger charge is 2.30. The molecule has 2 aromatic carbocycles. The summed E-state index contributed by atoms with van der Waals surface area (Å²) in [4.78, 5) is 43.2. The number of rotatable bonds is 7. The Hall–Kier alpha value is -3.66. The molecule has 0 spiro atoms. The van der Waals surface area contributed by atoms with Gasteiger partial charge in [-0.05, 0) is 50.1 Å². The minimum Gasteiger partial charge on any atom is -0.406 e. The summed E-state index contributed by atoms with van der Waals surface area (Å²) in [7, 11) is -2.24. The zero-order valence-electron chi connectivity index (χ0n) is 21.3. The van der Waals surface area contributed by atoms with Crippen LogP contribution in [-0.2, 0) is 20.7 Å². The van der Waals surface area contributed by atoms with Crippen molar-refractivity contribution in [1.29, 1.82) is 0 Å². The molecule has 0 radical (unpaired) electrons. The van der Waals surface area contributed by atoms with Gasteiger partial charge in [-0.1, -0.05) is 23.8 Å². The Labute approximate surface area is 218 Å². The van der Waals surface area contributed by atoms with Crippen LogP contribution in [0.3, 0.4) is 0 Å². The molecule has 1 saturated heterocycles. The van der Waals surface area contributed by atoms with Crippen molar-refractivity contribution >= 4 is 31.8 Å². The van der Waals surface area contributed by atoms with Gasteiger partial charge in [-0.25, -0.2) is 0 Å². The minimum atomic E-state index is -4.60. The molecule has 3 amide bonds. The van der Waals surface area contributed by atoms with E-state index in [0.717, 1.165) is 17.5 Å². The predicted molar refractivity (Wildman–Crippen MR) is 136 cm³/mol. The number of aryl methyl sites for hydroxylation is 1. The zero-order valence-corrected chi connectivity index (χ0v) is 22.2. The van der Waals surface area contributed by atoms with E-state index in [1.54, 1.807) is 50.8 Å². The number of hydrogen-bond donors (Lipinski definition) is 3. The Morgan fingerprint density at radius 1 is 1.16 bits per heavy atom. The molecule has 0 aromatic heterocycles. The van der Waals surface area contributed by atoms with Crippen molar-refractivity contribution in [2.45, 2.75) is 39.6 Å². The second-order valence-electron chi connectivity index (χ2n) is 8.22. The van der Waals surface area contributed by atoms with Crippen LogP contribution in [0, 0.1) is 6.92 Å². The smallest absolute Gasteiger partial charge is 0.406 e. The van der Waals surface area contributed by atoms with Crippen LogP contribution >= 0.6 is 7.29 Å². The van der Waals surface area contributed by atoms with Crippen LogP contribution in [-0.4, -0.2) is 50.2 Å². The lowest BCUT2D eigenvalue weighted by Crippen LogP contribution is -2.25. The third kappa shape index (κ3) is 13.0. The Kier molecular flexibility index (Phi) is 13.3. The van der Waals surface area contributed by atoms with Crippen LogP contribution in [0.25, 0.3) is 0 Å². The van der Waals surface area contributed by atoms with Gasteiger partial charge >= 0.3 is 6.36 Å². The molecule has 0 saturated carbocycles. The molecule has 1 aliphatic rings. The second-order valence-corrected chi connectivity index (χ2v) is 11.1. The third-order valence-corrected chi connectivity index (χ3v) is 6.71. The standard InChI is InChI=1S/C12H14N2O3.C8H7F3O.C5H10NO2P/c1-2-14-12(17)11-4-3-9(6-13-8-16)5-10(11)7-15;1-6-2-4-7(5-3-6)12-8(9,10)11;1-9(8)4-2-3-5(7)6-9/h3-5,7-8H,2,6H2,1H3,(H,13,16)(H,14,17);2-5H,1H3;2-4H2,1H3,(H,6,7,8). The highest BCUT2D eigenvalue weighted by Crippen LogP contribution is 2.39. The molecule has 1 unspecified atom stereocenters. The number of nitrogens with one attached hydrogen (secondary N) is 3. The maximum absolute atomic E-state index is 11.6. The number of amides is 3. The van der Waals surface area contributed by atoms with E-state index in [1.165, 1.54) is 12.1 Å². The first-order chi connectivity index (χ1) is 17.8. The molecular weight excluding hydrogens is 526 g/mol. The molecule has 9 nitrogen and oxygen atoms in total. The molecule has 3 N–H and O–H groups in total. The van der Waals surface area contributed by atoms with Gasteiger partial charge in [-0.15, -0.1) is 13.2 Å². The quantitative estimate of drug-likeness (QED) is 0.346. The molecule has 0 aliphatic carbocycles. The highest BCUT2D eigenvalue weighted by molar-refractivity contribution is 7.61. The summed E-state index contributed by atoms with van der Waals surface area (Å²) >= 11 is 0. The van der Waals surface area contributed by atoms with Crippen molar-refractivity contribution in [3.05, 3.63) is 64.7 Å². The summed E-state index contributed by atoms with van der Waals surface area (Å²) in [5.74, 6) is -0.523. The summed E-state index contributed by atoms with van der Waals surface area (Å²) < 4.78 is 49.6. The van der Waals surface area contributed by atoms with Crippen LogP contribution in [0.4, 0.5) is 13.2 Å². The van der Waals surface area contributed by atoms with Crippen LogP contribution in [0.1, 0.15) is 51.6 Å². The van der Waals surface area contributed by atoms with Crippen molar-refractivity contribution in [1.82, 2.24) is 15.7 Å². The van der Waals surface area contributed by atoms with E-state index < -0.39 is 13.7 Å². The molecule has 3 rings (SSSR count). The number of carbonyl (C=O) groups is 4. The van der Waals surface area contributed by atoms with Crippen LogP contribution in [0.5, 0.6) is 5.75 Å². The minimum absolute atomic E-state index is 0.0629. The van der Waals surface area contributed by atoms with Gasteiger partial charge in [0.2, 0.25) is 12.3 Å². The molecule has 38 heavy (non-hydrogen) atoms. The van der Waals surface area contributed by atoms with Crippen LogP contribution in [0.15, 0.2) is 42.5 Å². The highest BCUT2D eigenvalue weighted by atomic mass is 31.2. The SMILES string of the molecule is CCNC(=O)c1ccc(CNC=O)cc1C=O.CP1(=O)CCCC(=O)N1.Cc1ccc(OC(F)(F)F)cc1. The second kappa shape index (κ2) is 15.6. The first-order valence-corrected chi connectivity index (χ1v) is 13.9. The van der Waals surface area contributed by atoms with Crippen molar-refractivity contribution in [3.8, 4) is 5.75 Å². The molecule has 1 atom stereocenters. The first-order valence-electron chi connectivity index (χ1n) is 11.5. The number of benzene rings is 2. The molecule has 1 heterocycles. The fourth-order valence-corrected chi connectivity index (χ4v) is 4.61. The fourth-order valence-electron chi connectivity index (χ4n) is 3.10. The van der Waals surface area contributed by atoms with E-state index in [4.69, 9.17) is 0 Å².